The fraction of sp³-hybridized carbons (Fsp3) is 0.632. The third-order valence-electron chi connectivity index (χ3n) is 11.6. The van der Waals surface area contributed by atoms with E-state index in [2.05, 4.69) is 20.6 Å². The number of carbonyl (C=O) groups excluding carboxylic acids is 4. The number of benzene rings is 1. The lowest BCUT2D eigenvalue weighted by atomic mass is 9.85. The average molecular weight is 839 g/mol. The van der Waals surface area contributed by atoms with Gasteiger partial charge in [0.05, 0.1) is 41.0 Å². The summed E-state index contributed by atoms with van der Waals surface area (Å²) in [5.74, 6) is -9.43. The van der Waals surface area contributed by atoms with Crippen LogP contribution in [0.4, 0.5) is 22.4 Å². The first-order chi connectivity index (χ1) is 27.1. The van der Waals surface area contributed by atoms with Crippen LogP contribution in [0, 0.1) is 11.3 Å². The maximum Gasteiger partial charge on any atom is 0.408 e. The van der Waals surface area contributed by atoms with Gasteiger partial charge in [-0.05, 0) is 69.1 Å². The van der Waals surface area contributed by atoms with E-state index in [4.69, 9.17) is 14.2 Å². The summed E-state index contributed by atoms with van der Waals surface area (Å²) >= 11 is 0. The van der Waals surface area contributed by atoms with Crippen LogP contribution >= 0.6 is 0 Å². The normalized spacial score (nSPS) is 30.9. The van der Waals surface area contributed by atoms with Crippen LogP contribution in [0.3, 0.4) is 0 Å². The first kappa shape index (κ1) is 41.6. The van der Waals surface area contributed by atoms with Gasteiger partial charge in [-0.3, -0.25) is 19.1 Å². The highest BCUT2D eigenvalue weighted by atomic mass is 32.2. The first-order valence-corrected chi connectivity index (χ1v) is 20.7. The molecular formula is C38H46F4N6O9S. The number of aromatic nitrogens is 2. The highest BCUT2D eigenvalue weighted by molar-refractivity contribution is 7.91. The topological polar surface area (TPSA) is 195 Å². The number of hydrogen-bond donors (Lipinski definition) is 3. The molecule has 3 N–H and O–H groups in total. The predicted octanol–water partition coefficient (Wildman–Crippen LogP) is 3.86. The largest absolute Gasteiger partial charge is 0.471 e. The van der Waals surface area contributed by atoms with Crippen molar-refractivity contribution in [1.82, 2.24) is 30.2 Å². The Hall–Kier alpha value is -4.59. The van der Waals surface area contributed by atoms with Crippen molar-refractivity contribution in [3.8, 4) is 5.88 Å². The van der Waals surface area contributed by atoms with E-state index in [1.165, 1.54) is 19.1 Å². The van der Waals surface area contributed by atoms with E-state index in [0.29, 0.717) is 25.3 Å². The summed E-state index contributed by atoms with van der Waals surface area (Å²) in [6, 6.07) is 3.27. The highest BCUT2D eigenvalue weighted by Gasteiger charge is 2.67. The number of ether oxygens (including phenoxy) is 3. The number of nitrogens with one attached hydrogen (secondary N) is 3. The monoisotopic (exact) mass is 838 g/mol. The van der Waals surface area contributed by atoms with E-state index in [1.54, 1.807) is 32.9 Å². The van der Waals surface area contributed by atoms with Gasteiger partial charge in [-0.25, -0.2) is 32.0 Å². The molecule has 3 saturated carbocycles. The van der Waals surface area contributed by atoms with Gasteiger partial charge in [0.15, 0.2) is 5.69 Å². The molecule has 3 heterocycles. The maximum absolute atomic E-state index is 16.1. The molecule has 1 saturated heterocycles. The fourth-order valence-electron chi connectivity index (χ4n) is 7.73. The summed E-state index contributed by atoms with van der Waals surface area (Å²) in [6.07, 6.45) is -4.10. The minimum atomic E-state index is -4.30. The van der Waals surface area contributed by atoms with Crippen LogP contribution < -0.4 is 20.1 Å². The number of hydrogen-bond acceptors (Lipinski definition) is 11. The molecule has 2 bridgehead atoms. The van der Waals surface area contributed by atoms with Crippen molar-refractivity contribution in [2.45, 2.75) is 126 Å². The van der Waals surface area contributed by atoms with Crippen LogP contribution in [0.15, 0.2) is 36.4 Å². The summed E-state index contributed by atoms with van der Waals surface area (Å²) in [7, 11) is -4.30. The third-order valence-corrected chi connectivity index (χ3v) is 13.8. The lowest BCUT2D eigenvalue weighted by Gasteiger charge is -2.35. The number of nitrogens with zero attached hydrogens (tertiary/aromatic N) is 3. The van der Waals surface area contributed by atoms with Crippen LogP contribution in [-0.2, 0) is 39.8 Å². The molecule has 1 aromatic heterocycles. The van der Waals surface area contributed by atoms with E-state index < -0.39 is 129 Å². The number of sulfonamides is 1. The molecule has 2 aliphatic heterocycles. The van der Waals surface area contributed by atoms with E-state index >= 15 is 8.78 Å². The van der Waals surface area contributed by atoms with Gasteiger partial charge >= 0.3 is 12.0 Å². The predicted molar refractivity (Wildman–Crippen MR) is 197 cm³/mol. The Balaban J connectivity index is 1.26. The smallest absolute Gasteiger partial charge is 0.408 e. The minimum Gasteiger partial charge on any atom is -0.471 e. The van der Waals surface area contributed by atoms with Crippen molar-refractivity contribution < 1.29 is 59.4 Å². The van der Waals surface area contributed by atoms with E-state index in [1.807, 2.05) is 4.72 Å². The van der Waals surface area contributed by atoms with Crippen molar-refractivity contribution in [3.05, 3.63) is 42.1 Å². The Morgan fingerprint density at radius 3 is 2.34 bits per heavy atom. The number of alkyl halides is 4. The summed E-state index contributed by atoms with van der Waals surface area (Å²) < 4.78 is 105. The van der Waals surface area contributed by atoms with Gasteiger partial charge < -0.3 is 29.7 Å². The second-order valence-corrected chi connectivity index (χ2v) is 19.3. The Morgan fingerprint density at radius 1 is 1.03 bits per heavy atom. The van der Waals surface area contributed by atoms with Crippen molar-refractivity contribution in [2.24, 2.45) is 11.3 Å². The van der Waals surface area contributed by atoms with E-state index in [9.17, 15) is 36.4 Å². The van der Waals surface area contributed by atoms with Gasteiger partial charge in [0.2, 0.25) is 34.1 Å². The quantitative estimate of drug-likeness (QED) is 0.283. The lowest BCUT2D eigenvalue weighted by molar-refractivity contribution is -0.143. The van der Waals surface area contributed by atoms with Crippen molar-refractivity contribution >= 4 is 44.9 Å². The molecule has 4 fully saturated rings. The zero-order chi connectivity index (χ0) is 42.0. The number of rotatable bonds is 6. The van der Waals surface area contributed by atoms with Crippen LogP contribution in [0.1, 0.15) is 78.3 Å². The van der Waals surface area contributed by atoms with Crippen LogP contribution in [-0.4, -0.2) is 107 Å². The minimum absolute atomic E-state index is 0.130. The average Bonchev–Trinajstić information content (AvgIpc) is 3.97. The van der Waals surface area contributed by atoms with Gasteiger partial charge in [0.25, 0.3) is 5.91 Å². The molecule has 3 unspecified atom stereocenters. The number of carbonyl (C=O) groups is 4. The summed E-state index contributed by atoms with van der Waals surface area (Å²) in [5, 5.41) is 4.94. The number of allylic oxidation sites excluding steroid dienone is 1. The van der Waals surface area contributed by atoms with Gasteiger partial charge in [-0.15, -0.1) is 0 Å². The molecule has 15 nitrogen and oxygen atoms in total. The van der Waals surface area contributed by atoms with Gasteiger partial charge in [0, 0.05) is 6.42 Å². The molecule has 0 spiro atoms. The van der Waals surface area contributed by atoms with Crippen LogP contribution in [0.2, 0.25) is 0 Å². The Morgan fingerprint density at radius 2 is 1.71 bits per heavy atom. The zero-order valence-corrected chi connectivity index (χ0v) is 33.1. The number of fused-ring (bicyclic) bond motifs is 5. The summed E-state index contributed by atoms with van der Waals surface area (Å²) in [6.45, 7) is 5.63. The third kappa shape index (κ3) is 8.05. The summed E-state index contributed by atoms with van der Waals surface area (Å²) in [5.41, 5.74) is -3.91. The van der Waals surface area contributed by atoms with E-state index in [-0.39, 0.29) is 30.5 Å². The van der Waals surface area contributed by atoms with Crippen LogP contribution in [0.5, 0.6) is 5.88 Å². The number of amides is 4. The lowest BCUT2D eigenvalue weighted by Crippen LogP contribution is -2.60. The molecule has 2 aromatic rings. The first-order valence-electron chi connectivity index (χ1n) is 19.2. The second-order valence-electron chi connectivity index (χ2n) is 17.1. The molecule has 7 rings (SSSR count). The summed E-state index contributed by atoms with van der Waals surface area (Å²) in [4.78, 5) is 65.3. The Bertz CT molecular complexity index is 2130. The molecule has 316 valence electrons. The number of halogens is 4. The van der Waals surface area contributed by atoms with E-state index in [0.717, 1.165) is 11.0 Å². The molecule has 58 heavy (non-hydrogen) atoms. The number of alkyl carbamates (subject to hydrolysis) is 1. The molecule has 5 aliphatic rings. The molecule has 4 amide bonds. The molecule has 0 radical (unpaired) electrons. The molecule has 20 heteroatoms. The molecule has 1 aromatic carbocycles. The number of para-hydroxylation sites is 2. The second kappa shape index (κ2) is 14.9. The highest BCUT2D eigenvalue weighted by Crippen LogP contribution is 2.49. The molecular weight excluding hydrogens is 793 g/mol. The van der Waals surface area contributed by atoms with Crippen molar-refractivity contribution in [1.29, 1.82) is 0 Å². The SMILES string of the molecule is CC(C)(C)C1NC(=O)O[C@@H]2CCC[C@H]2OCC=CC(F)(F)c2nc3ccccc3nc2O[C@@H]2CC(C(=O)N[C@]3(C(=O)NS(=O)(=O)C4(C)CC4)CC3C(F)F)N(C2)C1=O. The zero-order valence-electron chi connectivity index (χ0n) is 32.3. The maximum atomic E-state index is 16.1. The van der Waals surface area contributed by atoms with Crippen LogP contribution in [0.25, 0.3) is 11.0 Å². The Kier molecular flexibility index (Phi) is 10.7. The molecule has 7 atom stereocenters. The van der Waals surface area contributed by atoms with Gasteiger partial charge in [0.1, 0.15) is 29.8 Å². The fourth-order valence-corrected chi connectivity index (χ4v) is 9.04. The standard InChI is InChI=1S/C38H46F4N6O9S/c1-35(2,3)28-32(50)48-19-20(17-24(48)30(49)46-37(18-21(37)29(39)40)33(51)47-58(53,54)36(4)14-15-36)56-31-27(43-22-9-5-6-10-23(22)44-31)38(41,42)13-8-16-55-25-11-7-12-26(25)57-34(52)45-28/h5-6,8-10,13,20-21,24-26,28-29H,7,11-12,14-19H2,1-4H3,(H,45,52)(H,46,49)(H,47,51)/t20-,21?,24?,25-,26-,28?,37-/m1/s1. The molecule has 3 aliphatic carbocycles. The van der Waals surface area contributed by atoms with Crippen molar-refractivity contribution in [3.63, 3.8) is 0 Å². The van der Waals surface area contributed by atoms with Gasteiger partial charge in [-0.1, -0.05) is 39.0 Å². The van der Waals surface area contributed by atoms with Crippen molar-refractivity contribution in [2.75, 3.05) is 13.2 Å². The Labute approximate surface area is 332 Å². The van der Waals surface area contributed by atoms with Gasteiger partial charge in [-0.2, -0.15) is 8.78 Å².